The molecule has 1 unspecified atom stereocenters. The van der Waals surface area contributed by atoms with E-state index in [-0.39, 0.29) is 11.4 Å². The Bertz CT molecular complexity index is 713. The van der Waals surface area contributed by atoms with Crippen LogP contribution in [0.2, 0.25) is 0 Å². The van der Waals surface area contributed by atoms with Crippen LogP contribution in [-0.2, 0) is 4.74 Å². The lowest BCUT2D eigenvalue weighted by molar-refractivity contribution is 0.0593. The molecule has 0 radical (unpaired) electrons. The number of amides is 1. The van der Waals surface area contributed by atoms with Crippen molar-refractivity contribution in [3.63, 3.8) is 0 Å². The Balaban J connectivity index is 2.43. The van der Waals surface area contributed by atoms with Gasteiger partial charge in [0.2, 0.25) is 5.95 Å². The van der Waals surface area contributed by atoms with Crippen molar-refractivity contribution in [2.45, 2.75) is 38.3 Å². The fourth-order valence-electron chi connectivity index (χ4n) is 1.92. The highest BCUT2D eigenvalue weighted by Crippen LogP contribution is 2.24. The van der Waals surface area contributed by atoms with Gasteiger partial charge in [-0.25, -0.2) is 14.7 Å². The van der Waals surface area contributed by atoms with Gasteiger partial charge >= 0.3 is 6.09 Å². The van der Waals surface area contributed by atoms with Crippen molar-refractivity contribution in [3.05, 3.63) is 35.4 Å². The minimum atomic E-state index is -0.973. The Morgan fingerprint density at radius 1 is 1.46 bits per heavy atom. The molecule has 1 aromatic heterocycles. The Hall–Kier alpha value is -2.28. The highest BCUT2D eigenvalue weighted by atomic mass is 35.5. The second kappa shape index (κ2) is 7.09. The molecule has 1 atom stereocenters. The maximum absolute atomic E-state index is 13.8. The first-order valence-electron chi connectivity index (χ1n) is 7.23. The zero-order valence-electron chi connectivity index (χ0n) is 13.5. The number of aliphatic imine (C=N–C) groups is 1. The lowest BCUT2D eigenvalue weighted by Gasteiger charge is -2.28. The Kier molecular flexibility index (Phi) is 5.33. The number of allylic oxidation sites excluding steroid dienone is 1. The number of anilines is 1. The number of alkyl halides is 1. The molecule has 0 saturated heterocycles. The van der Waals surface area contributed by atoms with Crippen LogP contribution in [0.25, 0.3) is 0 Å². The number of rotatable bonds is 3. The number of aldehydes is 1. The third kappa shape index (κ3) is 4.38. The second-order valence-corrected chi connectivity index (χ2v) is 6.56. The molecule has 128 valence electrons. The summed E-state index contributed by atoms with van der Waals surface area (Å²) in [5.74, 6) is -0.988. The van der Waals surface area contributed by atoms with Crippen LogP contribution >= 0.6 is 11.6 Å². The van der Waals surface area contributed by atoms with Crippen LogP contribution in [0.3, 0.4) is 0 Å². The van der Waals surface area contributed by atoms with E-state index in [1.807, 2.05) is 0 Å². The average molecular weight is 354 g/mol. The van der Waals surface area contributed by atoms with E-state index in [4.69, 9.17) is 16.3 Å². The van der Waals surface area contributed by atoms with Gasteiger partial charge in [-0.05, 0) is 32.9 Å². The molecule has 0 aromatic carbocycles. The third-order valence-electron chi connectivity index (χ3n) is 2.94. The minimum Gasteiger partial charge on any atom is -0.443 e. The van der Waals surface area contributed by atoms with Crippen LogP contribution in [0.1, 0.15) is 37.6 Å². The number of halogens is 2. The number of carbonyl (C=O) groups excluding carboxylic acids is 2. The van der Waals surface area contributed by atoms with Crippen LogP contribution in [0.15, 0.2) is 28.9 Å². The number of dihydropyridines is 1. The van der Waals surface area contributed by atoms with Crippen molar-refractivity contribution < 1.29 is 18.7 Å². The second-order valence-electron chi connectivity index (χ2n) is 6.06. The first-order valence-corrected chi connectivity index (χ1v) is 7.67. The van der Waals surface area contributed by atoms with Gasteiger partial charge in [0.25, 0.3) is 0 Å². The van der Waals surface area contributed by atoms with Crippen molar-refractivity contribution >= 4 is 36.0 Å². The van der Waals surface area contributed by atoms with Crippen molar-refractivity contribution in [3.8, 4) is 0 Å². The molecule has 0 spiro atoms. The number of hydrogen-bond acceptors (Lipinski definition) is 5. The van der Waals surface area contributed by atoms with E-state index in [2.05, 4.69) is 9.98 Å². The van der Waals surface area contributed by atoms with E-state index in [0.29, 0.717) is 18.4 Å². The summed E-state index contributed by atoms with van der Waals surface area (Å²) in [6, 6.07) is 2.60. The fourth-order valence-corrected chi connectivity index (χ4v) is 2.07. The minimum absolute atomic E-state index is 0.0157. The highest BCUT2D eigenvalue weighted by molar-refractivity contribution is 6.21. The molecule has 24 heavy (non-hydrogen) atoms. The van der Waals surface area contributed by atoms with Gasteiger partial charge in [-0.2, -0.15) is 4.39 Å². The maximum atomic E-state index is 13.8. The maximum Gasteiger partial charge on any atom is 0.420 e. The first-order chi connectivity index (χ1) is 11.2. The van der Waals surface area contributed by atoms with E-state index in [9.17, 15) is 14.0 Å². The molecule has 2 rings (SSSR count). The predicted molar refractivity (Wildman–Crippen MR) is 89.1 cm³/mol. The number of nitrogens with zero attached hydrogens (tertiary/aromatic N) is 3. The van der Waals surface area contributed by atoms with Gasteiger partial charge in [-0.1, -0.05) is 17.7 Å². The van der Waals surface area contributed by atoms with E-state index >= 15 is 0 Å². The summed E-state index contributed by atoms with van der Waals surface area (Å²) in [4.78, 5) is 32.1. The number of hydrogen-bond donors (Lipinski definition) is 0. The normalized spacial score (nSPS) is 17.2. The number of carbonyl (C=O) groups is 2. The van der Waals surface area contributed by atoms with Gasteiger partial charge in [-0.15, -0.1) is 0 Å². The topological polar surface area (TPSA) is 71.9 Å². The molecule has 0 aliphatic carbocycles. The molecule has 1 aliphatic heterocycles. The van der Waals surface area contributed by atoms with Crippen LogP contribution in [0, 0.1) is 5.95 Å². The largest absolute Gasteiger partial charge is 0.443 e. The molecule has 0 bridgehead atoms. The van der Waals surface area contributed by atoms with E-state index in [1.54, 1.807) is 26.8 Å². The zero-order chi connectivity index (χ0) is 17.9. The van der Waals surface area contributed by atoms with Crippen LogP contribution in [0.5, 0.6) is 0 Å². The molecule has 1 aromatic rings. The van der Waals surface area contributed by atoms with Gasteiger partial charge in [-0.3, -0.25) is 9.79 Å². The van der Waals surface area contributed by atoms with Crippen LogP contribution < -0.4 is 4.90 Å². The summed E-state index contributed by atoms with van der Waals surface area (Å²) in [5.41, 5.74) is -1.00. The van der Waals surface area contributed by atoms with Crippen LogP contribution in [-0.4, -0.2) is 34.7 Å². The smallest absolute Gasteiger partial charge is 0.420 e. The Labute approximate surface area is 144 Å². The van der Waals surface area contributed by atoms with E-state index in [0.717, 1.165) is 4.90 Å². The summed E-state index contributed by atoms with van der Waals surface area (Å²) >= 11 is 5.89. The summed E-state index contributed by atoms with van der Waals surface area (Å²) in [5, 5.41) is 0. The standard InChI is InChI=1S/C16H17ClFN3O3/c1-16(2,3)24-15(23)21(11-5-6-12(17)19-8-11)13-7-4-10(9-22)14(18)20-13/h4-5,7-9,12H,6H2,1-3H3. The molecule has 0 N–H and O–H groups in total. The first kappa shape index (κ1) is 18.1. The highest BCUT2D eigenvalue weighted by Gasteiger charge is 2.28. The molecule has 1 amide bonds. The van der Waals surface area contributed by atoms with Crippen molar-refractivity contribution in [2.75, 3.05) is 4.90 Å². The number of pyridine rings is 1. The molecule has 0 saturated carbocycles. The average Bonchev–Trinajstić information content (AvgIpc) is 2.48. The quantitative estimate of drug-likeness (QED) is 0.359. The van der Waals surface area contributed by atoms with E-state index in [1.165, 1.54) is 18.3 Å². The summed E-state index contributed by atoms with van der Waals surface area (Å²) in [7, 11) is 0. The van der Waals surface area contributed by atoms with Crippen molar-refractivity contribution in [1.82, 2.24) is 4.98 Å². The van der Waals surface area contributed by atoms with Gasteiger partial charge in [0, 0.05) is 12.6 Å². The van der Waals surface area contributed by atoms with Crippen LogP contribution in [0.4, 0.5) is 15.0 Å². The third-order valence-corrected chi connectivity index (χ3v) is 3.23. The number of ether oxygens (including phenoxy) is 1. The van der Waals surface area contributed by atoms with Gasteiger partial charge in [0.1, 0.15) is 16.9 Å². The monoisotopic (exact) mass is 353 g/mol. The lowest BCUT2D eigenvalue weighted by Crippen LogP contribution is -2.38. The summed E-state index contributed by atoms with van der Waals surface area (Å²) in [6.45, 7) is 5.14. The lowest BCUT2D eigenvalue weighted by atomic mass is 10.2. The summed E-state index contributed by atoms with van der Waals surface area (Å²) < 4.78 is 19.2. The molecular formula is C16H17ClFN3O3. The molecule has 0 fully saturated rings. The Morgan fingerprint density at radius 2 is 2.17 bits per heavy atom. The Morgan fingerprint density at radius 3 is 2.67 bits per heavy atom. The molecule has 8 heteroatoms. The zero-order valence-corrected chi connectivity index (χ0v) is 14.2. The van der Waals surface area contributed by atoms with Gasteiger partial charge in [0.15, 0.2) is 6.29 Å². The van der Waals surface area contributed by atoms with Gasteiger partial charge in [0.05, 0.1) is 11.3 Å². The molecule has 2 heterocycles. The van der Waals surface area contributed by atoms with Crippen molar-refractivity contribution in [1.29, 1.82) is 0 Å². The fraction of sp³-hybridized carbons (Fsp3) is 0.375. The van der Waals surface area contributed by atoms with Crippen molar-refractivity contribution in [2.24, 2.45) is 4.99 Å². The predicted octanol–water partition coefficient (Wildman–Crippen LogP) is 3.70. The molecule has 6 nitrogen and oxygen atoms in total. The number of aromatic nitrogens is 1. The molecular weight excluding hydrogens is 337 g/mol. The van der Waals surface area contributed by atoms with E-state index < -0.39 is 23.1 Å². The van der Waals surface area contributed by atoms with Gasteiger partial charge < -0.3 is 4.74 Å². The summed E-state index contributed by atoms with van der Waals surface area (Å²) in [6.07, 6.45) is 3.10. The molecule has 1 aliphatic rings. The SMILES string of the molecule is CC(C)(C)OC(=O)N(C1=CCC(Cl)N=C1)c1ccc(C=O)c(F)n1.